The number of hydrogen-bond acceptors (Lipinski definition) is 4. The summed E-state index contributed by atoms with van der Waals surface area (Å²) in [5.41, 5.74) is 5.31. The van der Waals surface area contributed by atoms with Crippen LogP contribution < -0.4 is 15.6 Å². The van der Waals surface area contributed by atoms with Crippen molar-refractivity contribution >= 4 is 10.9 Å². The van der Waals surface area contributed by atoms with Crippen LogP contribution in [0.25, 0.3) is 16.6 Å². The number of benzene rings is 1. The van der Waals surface area contributed by atoms with Crippen molar-refractivity contribution in [3.63, 3.8) is 0 Å². The van der Waals surface area contributed by atoms with Gasteiger partial charge in [0.25, 0.3) is 5.56 Å². The Hall–Kier alpha value is -3.45. The lowest BCUT2D eigenvalue weighted by atomic mass is 9.92. The average Bonchev–Trinajstić information content (AvgIpc) is 2.99. The minimum Gasteiger partial charge on any atom is -0.487 e. The Morgan fingerprint density at radius 2 is 2.09 bits per heavy atom. The lowest BCUT2D eigenvalue weighted by Gasteiger charge is -2.27. The summed E-state index contributed by atoms with van der Waals surface area (Å²) in [5.74, 6) is 0.614. The van der Waals surface area contributed by atoms with E-state index in [0.29, 0.717) is 23.4 Å². The van der Waals surface area contributed by atoms with Gasteiger partial charge in [0.15, 0.2) is 0 Å². The summed E-state index contributed by atoms with van der Waals surface area (Å²) in [6, 6.07) is 12.8. The van der Waals surface area contributed by atoms with Crippen LogP contribution in [0.5, 0.6) is 5.75 Å². The van der Waals surface area contributed by atoms with Crippen LogP contribution in [0.1, 0.15) is 48.2 Å². The van der Waals surface area contributed by atoms with Crippen LogP contribution in [0.2, 0.25) is 0 Å². The highest BCUT2D eigenvalue weighted by atomic mass is 19.1. The fourth-order valence-electron chi connectivity index (χ4n) is 5.43. The minimum atomic E-state index is -0.392. The first kappa shape index (κ1) is 20.2. The fourth-order valence-corrected chi connectivity index (χ4v) is 5.43. The van der Waals surface area contributed by atoms with Crippen LogP contribution >= 0.6 is 0 Å². The van der Waals surface area contributed by atoms with E-state index >= 15 is 0 Å². The third kappa shape index (κ3) is 3.43. The van der Waals surface area contributed by atoms with Crippen molar-refractivity contribution in [1.82, 2.24) is 19.4 Å². The largest absolute Gasteiger partial charge is 0.487 e. The summed E-state index contributed by atoms with van der Waals surface area (Å²) in [6.45, 7) is 1.21. The highest BCUT2D eigenvalue weighted by molar-refractivity contribution is 5.88. The number of rotatable bonds is 4. The second kappa shape index (κ2) is 7.85. The van der Waals surface area contributed by atoms with E-state index in [9.17, 15) is 9.18 Å². The number of pyridine rings is 2. The smallest absolute Gasteiger partial charge is 0.258 e. The van der Waals surface area contributed by atoms with Crippen molar-refractivity contribution in [2.75, 3.05) is 6.54 Å². The molecule has 3 aromatic heterocycles. The number of aromatic nitrogens is 3. The SMILES string of the molecule is Cn1c2c(c3ccc(-n4ccc(OCc5ccc(F)cn5)cc4=O)cc31)C1CCCC2CN1. The number of aryl methyl sites for hydroxylation is 1. The van der Waals surface area contributed by atoms with Gasteiger partial charge in [-0.2, -0.15) is 0 Å². The first-order chi connectivity index (χ1) is 16.1. The van der Waals surface area contributed by atoms with E-state index in [1.165, 1.54) is 48.0 Å². The van der Waals surface area contributed by atoms with Gasteiger partial charge in [-0.25, -0.2) is 4.39 Å². The van der Waals surface area contributed by atoms with Gasteiger partial charge >= 0.3 is 0 Å². The lowest BCUT2D eigenvalue weighted by Crippen LogP contribution is -2.30. The molecule has 33 heavy (non-hydrogen) atoms. The third-order valence-electron chi connectivity index (χ3n) is 7.01. The molecule has 0 amide bonds. The predicted octanol–water partition coefficient (Wildman–Crippen LogP) is 4.35. The highest BCUT2D eigenvalue weighted by Gasteiger charge is 2.34. The molecule has 2 unspecified atom stereocenters. The molecule has 0 saturated carbocycles. The molecule has 7 heteroatoms. The molecule has 4 aromatic rings. The molecule has 0 radical (unpaired) electrons. The zero-order chi connectivity index (χ0) is 22.5. The van der Waals surface area contributed by atoms with Crippen molar-refractivity contribution in [2.45, 2.75) is 37.8 Å². The Balaban J connectivity index is 1.31. The Morgan fingerprint density at radius 1 is 1.18 bits per heavy atom. The van der Waals surface area contributed by atoms with Crippen LogP contribution in [-0.2, 0) is 13.7 Å². The minimum absolute atomic E-state index is 0.168. The van der Waals surface area contributed by atoms with Gasteiger partial charge in [0.05, 0.1) is 23.1 Å². The van der Waals surface area contributed by atoms with Gasteiger partial charge in [0.1, 0.15) is 18.2 Å². The maximum atomic E-state index is 13.0. The van der Waals surface area contributed by atoms with Gasteiger partial charge in [0, 0.05) is 48.9 Å². The molecule has 1 N–H and O–H groups in total. The van der Waals surface area contributed by atoms with Crippen molar-refractivity contribution in [3.8, 4) is 11.4 Å². The van der Waals surface area contributed by atoms with Gasteiger partial charge in [0.2, 0.25) is 0 Å². The zero-order valence-corrected chi connectivity index (χ0v) is 18.4. The normalized spacial score (nSPS) is 19.5. The molecule has 1 fully saturated rings. The summed E-state index contributed by atoms with van der Waals surface area (Å²) >= 11 is 0. The van der Waals surface area contributed by atoms with Gasteiger partial charge in [-0.15, -0.1) is 0 Å². The van der Waals surface area contributed by atoms with E-state index in [2.05, 4.69) is 34.0 Å². The van der Waals surface area contributed by atoms with Gasteiger partial charge < -0.3 is 14.6 Å². The van der Waals surface area contributed by atoms with Crippen LogP contribution in [0, 0.1) is 5.82 Å². The molecular formula is C26H25FN4O2. The number of hydrogen-bond donors (Lipinski definition) is 1. The molecule has 1 aliphatic carbocycles. The summed E-state index contributed by atoms with van der Waals surface area (Å²) in [4.78, 5) is 16.8. The van der Waals surface area contributed by atoms with E-state index in [1.54, 1.807) is 22.9 Å². The Kier molecular flexibility index (Phi) is 4.80. The molecule has 1 aromatic carbocycles. The Labute approximate surface area is 190 Å². The number of nitrogens with zero attached hydrogens (tertiary/aromatic N) is 3. The van der Waals surface area contributed by atoms with Crippen molar-refractivity contribution in [2.24, 2.45) is 7.05 Å². The van der Waals surface area contributed by atoms with E-state index in [0.717, 1.165) is 23.9 Å². The number of ether oxygens (including phenoxy) is 1. The van der Waals surface area contributed by atoms with Gasteiger partial charge in [-0.05, 0) is 48.7 Å². The zero-order valence-electron chi connectivity index (χ0n) is 18.4. The monoisotopic (exact) mass is 444 g/mol. The van der Waals surface area contributed by atoms with Crippen LogP contribution in [0.3, 0.4) is 0 Å². The quantitative estimate of drug-likeness (QED) is 0.508. The summed E-state index contributed by atoms with van der Waals surface area (Å²) in [7, 11) is 2.15. The molecule has 6 nitrogen and oxygen atoms in total. The van der Waals surface area contributed by atoms with E-state index in [1.807, 2.05) is 6.07 Å². The Morgan fingerprint density at radius 3 is 2.91 bits per heavy atom. The molecule has 5 heterocycles. The van der Waals surface area contributed by atoms with Crippen molar-refractivity contribution in [3.05, 3.63) is 88.0 Å². The second-order valence-electron chi connectivity index (χ2n) is 8.98. The molecule has 2 aliphatic heterocycles. The molecule has 2 bridgehead atoms. The summed E-state index contributed by atoms with van der Waals surface area (Å²) in [5, 5.41) is 5.00. The number of nitrogens with one attached hydrogen (secondary N) is 1. The molecule has 0 spiro atoms. The maximum absolute atomic E-state index is 13.0. The molecular weight excluding hydrogens is 419 g/mol. The van der Waals surface area contributed by atoms with Gasteiger partial charge in [-0.3, -0.25) is 14.3 Å². The van der Waals surface area contributed by atoms with E-state index < -0.39 is 5.82 Å². The number of fused-ring (bicyclic) bond motifs is 4. The van der Waals surface area contributed by atoms with Crippen LogP contribution in [0.4, 0.5) is 4.39 Å². The maximum Gasteiger partial charge on any atom is 0.258 e. The van der Waals surface area contributed by atoms with Crippen molar-refractivity contribution < 1.29 is 9.13 Å². The average molecular weight is 445 g/mol. The standard InChI is InChI=1S/C26H25FN4O2/c1-30-23-11-19(7-8-21(23)25-22-4-2-3-16(13-29-22)26(25)30)31-10-9-20(12-24(31)32)33-15-18-6-5-17(27)14-28-18/h5-12,14,16,22,29H,2-4,13,15H2,1H3. The molecule has 1 saturated heterocycles. The summed E-state index contributed by atoms with van der Waals surface area (Å²) in [6.07, 6.45) is 6.55. The third-order valence-corrected chi connectivity index (χ3v) is 7.01. The second-order valence-corrected chi connectivity index (χ2v) is 8.98. The topological polar surface area (TPSA) is 61.1 Å². The first-order valence-electron chi connectivity index (χ1n) is 11.4. The highest BCUT2D eigenvalue weighted by Crippen LogP contribution is 2.44. The molecule has 2 atom stereocenters. The lowest BCUT2D eigenvalue weighted by molar-refractivity contribution is 0.300. The van der Waals surface area contributed by atoms with Crippen molar-refractivity contribution in [1.29, 1.82) is 0 Å². The molecule has 168 valence electrons. The van der Waals surface area contributed by atoms with Gasteiger partial charge in [-0.1, -0.05) is 12.5 Å². The first-order valence-corrected chi connectivity index (χ1v) is 11.4. The Bertz CT molecular complexity index is 1400. The molecule has 7 rings (SSSR count). The number of halogens is 1. The molecule has 3 aliphatic rings. The fraction of sp³-hybridized carbons (Fsp3) is 0.308. The predicted molar refractivity (Wildman–Crippen MR) is 124 cm³/mol. The van der Waals surface area contributed by atoms with E-state index in [4.69, 9.17) is 4.74 Å². The van der Waals surface area contributed by atoms with E-state index in [-0.39, 0.29) is 12.2 Å². The van der Waals surface area contributed by atoms with Crippen LogP contribution in [0.15, 0.2) is 59.7 Å². The summed E-state index contributed by atoms with van der Waals surface area (Å²) < 4.78 is 22.6. The van der Waals surface area contributed by atoms with Crippen LogP contribution in [-0.4, -0.2) is 20.7 Å².